The van der Waals surface area contributed by atoms with E-state index in [0.29, 0.717) is 0 Å². The van der Waals surface area contributed by atoms with Gasteiger partial charge in [-0.25, -0.2) is 63.1 Å². The zero-order chi connectivity index (χ0) is 24.0. The Labute approximate surface area is 274 Å². The predicted molar refractivity (Wildman–Crippen MR) is 94.3 cm³/mol. The van der Waals surface area contributed by atoms with Crippen LogP contribution in [0, 0.1) is 142 Å². The van der Waals surface area contributed by atoms with Crippen LogP contribution in [-0.4, -0.2) is 103 Å². The SMILES string of the molecule is C#N.C#N.C#N.C#N.C#N.C#N.C#N.C#N.C#N.C#N.C#N.C#N.[Fe].[Fe].[KH].[KH]. The van der Waals surface area contributed by atoms with Gasteiger partial charge in [0.1, 0.15) is 0 Å². The van der Waals surface area contributed by atoms with Crippen molar-refractivity contribution >= 4 is 103 Å². The molecule has 28 heavy (non-hydrogen) atoms. The molecule has 140 valence electrons. The van der Waals surface area contributed by atoms with Crippen molar-refractivity contribution in [3.8, 4) is 78.9 Å². The van der Waals surface area contributed by atoms with Crippen molar-refractivity contribution in [1.29, 1.82) is 63.1 Å². The van der Waals surface area contributed by atoms with Crippen molar-refractivity contribution < 1.29 is 34.1 Å². The van der Waals surface area contributed by atoms with Crippen LogP contribution in [0.2, 0.25) is 0 Å². The summed E-state index contributed by atoms with van der Waals surface area (Å²) >= 11 is 0. The van der Waals surface area contributed by atoms with Crippen LogP contribution < -0.4 is 0 Å². The Kier molecular flexibility index (Phi) is 25800. The van der Waals surface area contributed by atoms with Crippen LogP contribution in [0.1, 0.15) is 0 Å². The summed E-state index contributed by atoms with van der Waals surface area (Å²) in [6.07, 6.45) is 0. The molecular weight excluding hydrogens is 502 g/mol. The Morgan fingerprint density at radius 1 is 0.179 bits per heavy atom. The quantitative estimate of drug-likeness (QED) is 0.395. The number of hydrogen-bond acceptors (Lipinski definition) is 12. The molecule has 0 radical (unpaired) electrons. The topological polar surface area (TPSA) is 285 Å². The maximum atomic E-state index is 6.50. The molecular formula is C12H14Fe2K2N12. The van der Waals surface area contributed by atoms with Gasteiger partial charge in [-0.1, -0.05) is 0 Å². The molecule has 0 aromatic rings. The summed E-state index contributed by atoms with van der Waals surface area (Å²) in [6, 6.07) is 0. The summed E-state index contributed by atoms with van der Waals surface area (Å²) in [5.74, 6) is 0. The standard InChI is InChI=1S/12CHN.2Fe.2K.2H/c12*1-2;;;;;;/h12*1H;;;;;;. The van der Waals surface area contributed by atoms with E-state index >= 15 is 0 Å². The zero-order valence-electron chi connectivity index (χ0n) is 13.0. The Morgan fingerprint density at radius 3 is 0.179 bits per heavy atom. The Hall–Kier alpha value is -1.81. The first-order valence-corrected chi connectivity index (χ1v) is 3.10. The molecule has 0 rings (SSSR count). The molecule has 0 saturated carbocycles. The normalized spacial score (nSPS) is 0.857. The summed E-state index contributed by atoms with van der Waals surface area (Å²) in [6.45, 7) is 42.0. The Morgan fingerprint density at radius 2 is 0.179 bits per heavy atom. The molecule has 0 unspecified atom stereocenters. The first-order valence-electron chi connectivity index (χ1n) is 3.10. The van der Waals surface area contributed by atoms with Gasteiger partial charge in [-0.05, 0) is 0 Å². The van der Waals surface area contributed by atoms with Crippen molar-refractivity contribution in [3.63, 3.8) is 0 Å². The number of rotatable bonds is 0. The van der Waals surface area contributed by atoms with Gasteiger partial charge in [0.25, 0.3) is 0 Å². The number of nitrogens with zero attached hydrogens (tertiary/aromatic N) is 12. The Balaban J connectivity index is -0.00000000396. The van der Waals surface area contributed by atoms with Crippen molar-refractivity contribution in [3.05, 3.63) is 0 Å². The molecule has 12 nitrogen and oxygen atoms in total. The van der Waals surface area contributed by atoms with E-state index in [1.165, 1.54) is 0 Å². The van der Waals surface area contributed by atoms with Crippen LogP contribution in [0.15, 0.2) is 0 Å². The molecule has 0 atom stereocenters. The molecule has 0 aliphatic rings. The predicted octanol–water partition coefficient (Wildman–Crippen LogP) is 0.375. The van der Waals surface area contributed by atoms with Crippen LogP contribution in [0.5, 0.6) is 0 Å². The van der Waals surface area contributed by atoms with Gasteiger partial charge in [-0.3, -0.25) is 0 Å². The van der Waals surface area contributed by atoms with Gasteiger partial charge in [-0.15, -0.1) is 0 Å². The van der Waals surface area contributed by atoms with Crippen LogP contribution in [-0.2, 0) is 34.1 Å². The summed E-state index contributed by atoms with van der Waals surface area (Å²) in [5.41, 5.74) is 0. The molecule has 0 aromatic carbocycles. The van der Waals surface area contributed by atoms with E-state index in [1.54, 1.807) is 0 Å². The third-order valence-corrected chi connectivity index (χ3v) is 0. The van der Waals surface area contributed by atoms with E-state index in [2.05, 4.69) is 78.9 Å². The molecule has 0 spiro atoms. The first kappa shape index (κ1) is 160. The fourth-order valence-electron chi connectivity index (χ4n) is 0. The van der Waals surface area contributed by atoms with Gasteiger partial charge in [0.2, 0.25) is 0 Å². The molecule has 16 heteroatoms. The molecule has 0 fully saturated rings. The fourth-order valence-corrected chi connectivity index (χ4v) is 0. The number of nitriles is 12. The molecule has 0 N–H and O–H groups in total. The van der Waals surface area contributed by atoms with Gasteiger partial charge in [0.05, 0.1) is 0 Å². The van der Waals surface area contributed by atoms with Gasteiger partial charge in [0.15, 0.2) is 0 Å². The van der Waals surface area contributed by atoms with Crippen LogP contribution in [0.3, 0.4) is 0 Å². The monoisotopic (exact) mass is 516 g/mol. The molecule has 0 saturated heterocycles. The second-order valence-electron chi connectivity index (χ2n) is 0. The van der Waals surface area contributed by atoms with Crippen molar-refractivity contribution in [2.75, 3.05) is 0 Å². The van der Waals surface area contributed by atoms with Crippen molar-refractivity contribution in [2.24, 2.45) is 0 Å². The van der Waals surface area contributed by atoms with Crippen LogP contribution >= 0.6 is 0 Å². The maximum absolute atomic E-state index is 6.50. The molecule has 0 aliphatic carbocycles. The zero-order valence-corrected chi connectivity index (χ0v) is 15.2. The minimum atomic E-state index is 0. The van der Waals surface area contributed by atoms with Crippen LogP contribution in [0.4, 0.5) is 0 Å². The van der Waals surface area contributed by atoms with E-state index in [4.69, 9.17) is 63.1 Å². The Bertz CT molecular complexity index is 231. The third-order valence-electron chi connectivity index (χ3n) is 0. The molecule has 0 heterocycles. The molecule has 0 aliphatic heterocycles. The first-order chi connectivity index (χ1) is 12.0. The van der Waals surface area contributed by atoms with Gasteiger partial charge < -0.3 is 0 Å². The van der Waals surface area contributed by atoms with Crippen molar-refractivity contribution in [2.45, 2.75) is 0 Å². The third kappa shape index (κ3) is 3980. The summed E-state index contributed by atoms with van der Waals surface area (Å²) in [7, 11) is 0. The van der Waals surface area contributed by atoms with E-state index < -0.39 is 0 Å². The summed E-state index contributed by atoms with van der Waals surface area (Å²) < 4.78 is 0. The van der Waals surface area contributed by atoms with Gasteiger partial charge in [0, 0.05) is 113 Å². The van der Waals surface area contributed by atoms with E-state index in [-0.39, 0.29) is 137 Å². The fraction of sp³-hybridized carbons (Fsp3) is 0. The summed E-state index contributed by atoms with van der Waals surface area (Å²) in [5, 5.41) is 78.0. The minimum absolute atomic E-state index is 0. The molecule has 0 amide bonds. The molecule has 0 aromatic heterocycles. The molecule has 0 bridgehead atoms. The van der Waals surface area contributed by atoms with Crippen molar-refractivity contribution in [1.82, 2.24) is 0 Å². The summed E-state index contributed by atoms with van der Waals surface area (Å²) in [4.78, 5) is 0. The van der Waals surface area contributed by atoms with Crippen LogP contribution in [0.25, 0.3) is 0 Å². The average Bonchev–Trinajstić information content (AvgIpc) is 2.84. The number of hydrogen-bond donors (Lipinski definition) is 0. The second kappa shape index (κ2) is 4510. The van der Waals surface area contributed by atoms with E-state index in [9.17, 15) is 0 Å². The average molecular weight is 516 g/mol. The second-order valence-corrected chi connectivity index (χ2v) is 0. The van der Waals surface area contributed by atoms with Gasteiger partial charge in [-0.2, -0.15) is 0 Å². The van der Waals surface area contributed by atoms with E-state index in [1.807, 2.05) is 0 Å². The van der Waals surface area contributed by atoms with E-state index in [0.717, 1.165) is 0 Å². The van der Waals surface area contributed by atoms with Gasteiger partial charge >= 0.3 is 103 Å².